The molecule has 1 N–H and O–H groups in total. The van der Waals surface area contributed by atoms with Gasteiger partial charge < -0.3 is 14.9 Å². The molecule has 3 nitrogen and oxygen atoms in total. The Balaban J connectivity index is 2.15. The van der Waals surface area contributed by atoms with Gasteiger partial charge in [-0.3, -0.25) is 0 Å². The number of aryl methyl sites for hydroxylation is 1. The van der Waals surface area contributed by atoms with E-state index in [2.05, 4.69) is 43.0 Å². The molecule has 1 heterocycles. The highest BCUT2D eigenvalue weighted by atomic mass is 16.3. The molecule has 3 heteroatoms. The summed E-state index contributed by atoms with van der Waals surface area (Å²) < 4.78 is 0. The summed E-state index contributed by atoms with van der Waals surface area (Å²) in [5.41, 5.74) is 3.52. The maximum absolute atomic E-state index is 9.15. The van der Waals surface area contributed by atoms with Crippen molar-refractivity contribution in [2.75, 3.05) is 32.1 Å². The first-order chi connectivity index (χ1) is 8.61. The van der Waals surface area contributed by atoms with Gasteiger partial charge in [0.1, 0.15) is 0 Å². The molecule has 1 saturated heterocycles. The summed E-state index contributed by atoms with van der Waals surface area (Å²) in [4.78, 5) is 4.80. The van der Waals surface area contributed by atoms with Crippen LogP contribution < -0.4 is 4.90 Å². The molecule has 0 radical (unpaired) electrons. The van der Waals surface area contributed by atoms with Crippen LogP contribution in [0.5, 0.6) is 0 Å². The van der Waals surface area contributed by atoms with Crippen molar-refractivity contribution in [1.82, 2.24) is 4.90 Å². The lowest BCUT2D eigenvalue weighted by atomic mass is 10.0. The molecule has 0 amide bonds. The largest absolute Gasteiger partial charge is 0.392 e. The zero-order valence-corrected chi connectivity index (χ0v) is 11.7. The normalized spacial score (nSPS) is 21.0. The SMILES string of the molecule is Cc1cc(CO)ccc1N(C)C1CCCN(C)C1. The van der Waals surface area contributed by atoms with Gasteiger partial charge >= 0.3 is 0 Å². The van der Waals surface area contributed by atoms with Crippen LogP contribution in [0.4, 0.5) is 5.69 Å². The predicted octanol–water partition coefficient (Wildman–Crippen LogP) is 2.02. The van der Waals surface area contributed by atoms with Crippen LogP contribution in [0.1, 0.15) is 24.0 Å². The van der Waals surface area contributed by atoms with Gasteiger partial charge in [-0.05, 0) is 50.6 Å². The number of hydrogen-bond acceptors (Lipinski definition) is 3. The second-order valence-corrected chi connectivity index (χ2v) is 5.45. The maximum atomic E-state index is 9.15. The zero-order valence-electron chi connectivity index (χ0n) is 11.7. The molecule has 1 fully saturated rings. The highest BCUT2D eigenvalue weighted by molar-refractivity contribution is 5.54. The Labute approximate surface area is 110 Å². The monoisotopic (exact) mass is 248 g/mol. The Hall–Kier alpha value is -1.06. The quantitative estimate of drug-likeness (QED) is 0.886. The predicted molar refractivity (Wildman–Crippen MR) is 76.0 cm³/mol. The van der Waals surface area contributed by atoms with Gasteiger partial charge in [0, 0.05) is 25.3 Å². The number of likely N-dealkylation sites (tertiary alicyclic amines) is 1. The molecule has 100 valence electrons. The van der Waals surface area contributed by atoms with E-state index in [0.717, 1.165) is 12.1 Å². The first-order valence-electron chi connectivity index (χ1n) is 6.73. The Kier molecular flexibility index (Phi) is 4.25. The summed E-state index contributed by atoms with van der Waals surface area (Å²) in [6.45, 7) is 4.60. The van der Waals surface area contributed by atoms with Crippen LogP contribution in [0.15, 0.2) is 18.2 Å². The molecule has 1 unspecified atom stereocenters. The average molecular weight is 248 g/mol. The van der Waals surface area contributed by atoms with Gasteiger partial charge in [-0.15, -0.1) is 0 Å². The smallest absolute Gasteiger partial charge is 0.0681 e. The lowest BCUT2D eigenvalue weighted by Gasteiger charge is -2.37. The number of piperidine rings is 1. The molecule has 0 bridgehead atoms. The fraction of sp³-hybridized carbons (Fsp3) is 0.600. The lowest BCUT2D eigenvalue weighted by Crippen LogP contribution is -2.45. The minimum atomic E-state index is 0.122. The van der Waals surface area contributed by atoms with Crippen LogP contribution in [0, 0.1) is 6.92 Å². The second kappa shape index (κ2) is 5.72. The van der Waals surface area contributed by atoms with Crippen LogP contribution in [0.3, 0.4) is 0 Å². The highest BCUT2D eigenvalue weighted by Gasteiger charge is 2.22. The number of rotatable bonds is 3. The van der Waals surface area contributed by atoms with Gasteiger partial charge in [0.2, 0.25) is 0 Å². The molecule has 1 aliphatic heterocycles. The molecule has 1 atom stereocenters. The summed E-state index contributed by atoms with van der Waals surface area (Å²) in [6.07, 6.45) is 2.54. The van der Waals surface area contributed by atoms with Crippen molar-refractivity contribution in [2.45, 2.75) is 32.4 Å². The minimum Gasteiger partial charge on any atom is -0.392 e. The van der Waals surface area contributed by atoms with E-state index in [0.29, 0.717) is 6.04 Å². The van der Waals surface area contributed by atoms with Crippen LogP contribution in [-0.2, 0) is 6.61 Å². The van der Waals surface area contributed by atoms with Crippen molar-refractivity contribution in [3.05, 3.63) is 29.3 Å². The highest BCUT2D eigenvalue weighted by Crippen LogP contribution is 2.25. The fourth-order valence-corrected chi connectivity index (χ4v) is 2.86. The van der Waals surface area contributed by atoms with Crippen molar-refractivity contribution in [3.8, 4) is 0 Å². The fourth-order valence-electron chi connectivity index (χ4n) is 2.86. The average Bonchev–Trinajstić information content (AvgIpc) is 2.37. The number of aliphatic hydroxyl groups excluding tert-OH is 1. The van der Waals surface area contributed by atoms with Gasteiger partial charge in [0.05, 0.1) is 6.61 Å². The van der Waals surface area contributed by atoms with Gasteiger partial charge in [-0.1, -0.05) is 12.1 Å². The van der Waals surface area contributed by atoms with Gasteiger partial charge in [-0.2, -0.15) is 0 Å². The summed E-state index contributed by atoms with van der Waals surface area (Å²) in [6, 6.07) is 6.83. The Morgan fingerprint density at radius 2 is 2.22 bits per heavy atom. The second-order valence-electron chi connectivity index (χ2n) is 5.45. The third kappa shape index (κ3) is 2.85. The summed E-state index contributed by atoms with van der Waals surface area (Å²) in [5.74, 6) is 0. The molecular formula is C15H24N2O. The molecule has 0 spiro atoms. The molecule has 18 heavy (non-hydrogen) atoms. The van der Waals surface area contributed by atoms with E-state index in [1.54, 1.807) is 0 Å². The number of anilines is 1. The van der Waals surface area contributed by atoms with E-state index in [1.165, 1.54) is 30.6 Å². The molecule has 2 rings (SSSR count). The van der Waals surface area contributed by atoms with Gasteiger partial charge in [-0.25, -0.2) is 0 Å². The number of likely N-dealkylation sites (N-methyl/N-ethyl adjacent to an activating group) is 2. The molecule has 1 aliphatic rings. The van der Waals surface area contributed by atoms with Crippen molar-refractivity contribution >= 4 is 5.69 Å². The lowest BCUT2D eigenvalue weighted by molar-refractivity contribution is 0.248. The van der Waals surface area contributed by atoms with Gasteiger partial charge in [0.25, 0.3) is 0 Å². The van der Waals surface area contributed by atoms with Gasteiger partial charge in [0.15, 0.2) is 0 Å². The molecule has 0 aliphatic carbocycles. The van der Waals surface area contributed by atoms with Crippen LogP contribution in [0.25, 0.3) is 0 Å². The first kappa shape index (κ1) is 13.4. The van der Waals surface area contributed by atoms with Crippen molar-refractivity contribution in [2.24, 2.45) is 0 Å². The van der Waals surface area contributed by atoms with Crippen LogP contribution >= 0.6 is 0 Å². The third-order valence-electron chi connectivity index (χ3n) is 3.97. The Bertz CT molecular complexity index is 405. The van der Waals surface area contributed by atoms with E-state index >= 15 is 0 Å². The minimum absolute atomic E-state index is 0.122. The van der Waals surface area contributed by atoms with E-state index in [9.17, 15) is 0 Å². The number of benzene rings is 1. The molecule has 0 saturated carbocycles. The van der Waals surface area contributed by atoms with E-state index in [1.807, 2.05) is 6.07 Å². The van der Waals surface area contributed by atoms with E-state index < -0.39 is 0 Å². The maximum Gasteiger partial charge on any atom is 0.0681 e. The Morgan fingerprint density at radius 3 is 2.83 bits per heavy atom. The van der Waals surface area contributed by atoms with E-state index in [-0.39, 0.29) is 6.61 Å². The summed E-state index contributed by atoms with van der Waals surface area (Å²) in [5, 5.41) is 9.15. The summed E-state index contributed by atoms with van der Waals surface area (Å²) in [7, 11) is 4.38. The zero-order chi connectivity index (χ0) is 13.1. The van der Waals surface area contributed by atoms with Crippen molar-refractivity contribution < 1.29 is 5.11 Å². The van der Waals surface area contributed by atoms with Crippen LogP contribution in [-0.4, -0.2) is 43.2 Å². The van der Waals surface area contributed by atoms with E-state index in [4.69, 9.17) is 5.11 Å². The standard InChI is InChI=1S/C15H24N2O/c1-12-9-13(11-18)6-7-15(12)17(3)14-5-4-8-16(2)10-14/h6-7,9,14,18H,4-5,8,10-11H2,1-3H3. The first-order valence-corrected chi connectivity index (χ1v) is 6.73. The molecular weight excluding hydrogens is 224 g/mol. The molecule has 1 aromatic rings. The third-order valence-corrected chi connectivity index (χ3v) is 3.97. The van der Waals surface area contributed by atoms with Crippen molar-refractivity contribution in [1.29, 1.82) is 0 Å². The number of hydrogen-bond donors (Lipinski definition) is 1. The number of aliphatic hydroxyl groups is 1. The summed E-state index contributed by atoms with van der Waals surface area (Å²) >= 11 is 0. The molecule has 0 aromatic heterocycles. The molecule has 1 aromatic carbocycles. The topological polar surface area (TPSA) is 26.7 Å². The number of nitrogens with zero attached hydrogens (tertiary/aromatic N) is 2. The Morgan fingerprint density at radius 1 is 1.44 bits per heavy atom. The van der Waals surface area contributed by atoms with Crippen molar-refractivity contribution in [3.63, 3.8) is 0 Å². The van der Waals surface area contributed by atoms with Crippen LogP contribution in [0.2, 0.25) is 0 Å².